The standard InChI is InChI=1S/C21H27NO3S/c1-15(10-11-17-8-6-5-7-9-17)22-21(23)16(2)26-18-12-13-19(24-3)20(14-18)25-4/h5-9,12-16H,10-11H2,1-4H3,(H,22,23)/t15-,16+/m1/s1. The van der Waals surface area contributed by atoms with Gasteiger partial charge in [0.1, 0.15) is 0 Å². The molecule has 0 aliphatic carbocycles. The Kier molecular flexibility index (Phi) is 7.85. The second-order valence-corrected chi connectivity index (χ2v) is 7.62. The van der Waals surface area contributed by atoms with Gasteiger partial charge in [-0.25, -0.2) is 0 Å². The molecule has 4 nitrogen and oxygen atoms in total. The number of methoxy groups -OCH3 is 2. The lowest BCUT2D eigenvalue weighted by Crippen LogP contribution is -2.37. The number of amides is 1. The van der Waals surface area contributed by atoms with Crippen molar-refractivity contribution in [1.82, 2.24) is 5.32 Å². The Morgan fingerprint density at radius 1 is 1.04 bits per heavy atom. The lowest BCUT2D eigenvalue weighted by molar-refractivity contribution is -0.120. The van der Waals surface area contributed by atoms with E-state index in [1.165, 1.54) is 17.3 Å². The molecule has 1 amide bonds. The summed E-state index contributed by atoms with van der Waals surface area (Å²) in [5, 5.41) is 2.92. The van der Waals surface area contributed by atoms with E-state index in [9.17, 15) is 4.79 Å². The van der Waals surface area contributed by atoms with Crippen molar-refractivity contribution in [2.75, 3.05) is 14.2 Å². The number of carbonyl (C=O) groups is 1. The van der Waals surface area contributed by atoms with Crippen molar-refractivity contribution >= 4 is 17.7 Å². The van der Waals surface area contributed by atoms with Crippen LogP contribution in [0.5, 0.6) is 11.5 Å². The number of benzene rings is 2. The second-order valence-electron chi connectivity index (χ2n) is 6.21. The first kappa shape index (κ1) is 20.2. The van der Waals surface area contributed by atoms with Gasteiger partial charge in [-0.1, -0.05) is 30.3 Å². The summed E-state index contributed by atoms with van der Waals surface area (Å²) in [4.78, 5) is 13.4. The molecule has 0 aliphatic heterocycles. The molecule has 0 fully saturated rings. The summed E-state index contributed by atoms with van der Waals surface area (Å²) in [6.07, 6.45) is 1.88. The molecule has 26 heavy (non-hydrogen) atoms. The van der Waals surface area contributed by atoms with E-state index < -0.39 is 0 Å². The van der Waals surface area contributed by atoms with E-state index in [4.69, 9.17) is 9.47 Å². The maximum absolute atomic E-state index is 12.5. The number of aryl methyl sites for hydroxylation is 1. The number of thioether (sulfide) groups is 1. The topological polar surface area (TPSA) is 47.6 Å². The third kappa shape index (κ3) is 5.99. The molecule has 0 spiro atoms. The number of carbonyl (C=O) groups excluding carboxylic acids is 1. The van der Waals surface area contributed by atoms with Crippen LogP contribution in [0, 0.1) is 0 Å². The van der Waals surface area contributed by atoms with E-state index in [0.717, 1.165) is 17.7 Å². The van der Waals surface area contributed by atoms with Gasteiger partial charge in [0.05, 0.1) is 19.5 Å². The van der Waals surface area contributed by atoms with Crippen molar-refractivity contribution in [1.29, 1.82) is 0 Å². The zero-order chi connectivity index (χ0) is 18.9. The number of hydrogen-bond donors (Lipinski definition) is 1. The van der Waals surface area contributed by atoms with Crippen LogP contribution in [0.3, 0.4) is 0 Å². The molecule has 2 rings (SSSR count). The average molecular weight is 374 g/mol. The minimum atomic E-state index is -0.188. The highest BCUT2D eigenvalue weighted by atomic mass is 32.2. The van der Waals surface area contributed by atoms with Crippen molar-refractivity contribution in [2.24, 2.45) is 0 Å². The van der Waals surface area contributed by atoms with Gasteiger partial charge in [0.15, 0.2) is 11.5 Å². The molecule has 1 N–H and O–H groups in total. The molecule has 0 saturated heterocycles. The highest BCUT2D eigenvalue weighted by Crippen LogP contribution is 2.33. The van der Waals surface area contributed by atoms with Crippen LogP contribution in [0.25, 0.3) is 0 Å². The fraction of sp³-hybridized carbons (Fsp3) is 0.381. The molecule has 0 heterocycles. The first-order chi connectivity index (χ1) is 12.5. The summed E-state index contributed by atoms with van der Waals surface area (Å²) < 4.78 is 10.6. The zero-order valence-electron chi connectivity index (χ0n) is 15.8. The molecule has 0 radical (unpaired) electrons. The Morgan fingerprint density at radius 2 is 1.73 bits per heavy atom. The van der Waals surface area contributed by atoms with Crippen molar-refractivity contribution < 1.29 is 14.3 Å². The molecular formula is C21H27NO3S. The SMILES string of the molecule is COc1ccc(S[C@@H](C)C(=O)N[C@H](C)CCc2ccccc2)cc1OC. The van der Waals surface area contributed by atoms with E-state index in [1.54, 1.807) is 14.2 Å². The Bertz CT molecular complexity index is 706. The predicted octanol–water partition coefficient (Wildman–Crippen LogP) is 4.32. The fourth-order valence-electron chi connectivity index (χ4n) is 2.61. The smallest absolute Gasteiger partial charge is 0.233 e. The first-order valence-electron chi connectivity index (χ1n) is 8.76. The maximum Gasteiger partial charge on any atom is 0.233 e. The molecule has 0 unspecified atom stereocenters. The minimum absolute atomic E-state index is 0.0466. The van der Waals surface area contributed by atoms with E-state index in [0.29, 0.717) is 11.5 Å². The van der Waals surface area contributed by atoms with Crippen molar-refractivity contribution in [3.63, 3.8) is 0 Å². The molecule has 2 atom stereocenters. The Balaban J connectivity index is 1.85. The largest absolute Gasteiger partial charge is 0.493 e. The maximum atomic E-state index is 12.5. The van der Waals surface area contributed by atoms with Gasteiger partial charge >= 0.3 is 0 Å². The number of ether oxygens (including phenoxy) is 2. The van der Waals surface area contributed by atoms with Gasteiger partial charge in [-0.3, -0.25) is 4.79 Å². The molecule has 0 saturated carbocycles. The second kappa shape index (κ2) is 10.1. The van der Waals surface area contributed by atoms with Gasteiger partial charge in [0, 0.05) is 10.9 Å². The Morgan fingerprint density at radius 3 is 2.38 bits per heavy atom. The van der Waals surface area contributed by atoms with Gasteiger partial charge in [-0.05, 0) is 50.5 Å². The zero-order valence-corrected chi connectivity index (χ0v) is 16.6. The van der Waals surface area contributed by atoms with Crippen LogP contribution < -0.4 is 14.8 Å². The lowest BCUT2D eigenvalue weighted by atomic mass is 10.1. The third-order valence-corrected chi connectivity index (χ3v) is 5.23. The predicted molar refractivity (Wildman–Crippen MR) is 107 cm³/mol. The van der Waals surface area contributed by atoms with E-state index >= 15 is 0 Å². The summed E-state index contributed by atoms with van der Waals surface area (Å²) in [7, 11) is 3.22. The van der Waals surface area contributed by atoms with Crippen LogP contribution in [-0.2, 0) is 11.2 Å². The van der Waals surface area contributed by atoms with Crippen LogP contribution in [0.4, 0.5) is 0 Å². The quantitative estimate of drug-likeness (QED) is 0.665. The normalized spacial score (nSPS) is 12.9. The highest BCUT2D eigenvalue weighted by molar-refractivity contribution is 8.00. The molecule has 2 aromatic rings. The van der Waals surface area contributed by atoms with Crippen LogP contribution >= 0.6 is 11.8 Å². The molecule has 0 bridgehead atoms. The minimum Gasteiger partial charge on any atom is -0.493 e. The van der Waals surface area contributed by atoms with Crippen LogP contribution in [0.2, 0.25) is 0 Å². The van der Waals surface area contributed by atoms with Gasteiger partial charge in [-0.2, -0.15) is 0 Å². The van der Waals surface area contributed by atoms with Crippen molar-refractivity contribution in [2.45, 2.75) is 42.9 Å². The monoisotopic (exact) mass is 373 g/mol. The van der Waals surface area contributed by atoms with Crippen LogP contribution in [-0.4, -0.2) is 31.4 Å². The Hall–Kier alpha value is -2.14. The van der Waals surface area contributed by atoms with E-state index in [2.05, 4.69) is 24.4 Å². The molecule has 0 aromatic heterocycles. The van der Waals surface area contributed by atoms with Gasteiger partial charge in [0.2, 0.25) is 5.91 Å². The summed E-state index contributed by atoms with van der Waals surface area (Å²) in [5.41, 5.74) is 1.29. The van der Waals surface area contributed by atoms with E-state index in [-0.39, 0.29) is 17.2 Å². The van der Waals surface area contributed by atoms with Gasteiger partial charge < -0.3 is 14.8 Å². The molecule has 5 heteroatoms. The van der Waals surface area contributed by atoms with Crippen LogP contribution in [0.15, 0.2) is 53.4 Å². The summed E-state index contributed by atoms with van der Waals surface area (Å²) >= 11 is 1.51. The average Bonchev–Trinajstić information content (AvgIpc) is 2.67. The number of hydrogen-bond acceptors (Lipinski definition) is 4. The summed E-state index contributed by atoms with van der Waals surface area (Å²) in [6.45, 7) is 3.97. The number of nitrogens with one attached hydrogen (secondary N) is 1. The van der Waals surface area contributed by atoms with Crippen LogP contribution in [0.1, 0.15) is 25.8 Å². The molecule has 0 aliphatic rings. The lowest BCUT2D eigenvalue weighted by Gasteiger charge is -2.18. The van der Waals surface area contributed by atoms with Gasteiger partial charge in [0.25, 0.3) is 0 Å². The first-order valence-corrected chi connectivity index (χ1v) is 9.64. The van der Waals surface area contributed by atoms with Gasteiger partial charge in [-0.15, -0.1) is 11.8 Å². The molecule has 140 valence electrons. The fourth-order valence-corrected chi connectivity index (χ4v) is 3.51. The number of rotatable bonds is 9. The Labute approximate surface area is 160 Å². The summed E-state index contributed by atoms with van der Waals surface area (Å²) in [5.74, 6) is 1.40. The molecule has 2 aromatic carbocycles. The third-order valence-electron chi connectivity index (χ3n) is 4.13. The summed E-state index contributed by atoms with van der Waals surface area (Å²) in [6, 6.07) is 16.2. The van der Waals surface area contributed by atoms with E-state index in [1.807, 2.05) is 43.3 Å². The highest BCUT2D eigenvalue weighted by Gasteiger charge is 2.17. The van der Waals surface area contributed by atoms with Crippen molar-refractivity contribution in [3.8, 4) is 11.5 Å². The molecular weight excluding hydrogens is 346 g/mol. The van der Waals surface area contributed by atoms with Crippen molar-refractivity contribution in [3.05, 3.63) is 54.1 Å².